The lowest BCUT2D eigenvalue weighted by Gasteiger charge is -2.44. The number of hydrogen-bond acceptors (Lipinski definition) is 2. The molecule has 0 radical (unpaired) electrons. The van der Waals surface area contributed by atoms with Crippen LogP contribution in [0.3, 0.4) is 0 Å². The van der Waals surface area contributed by atoms with Crippen LogP contribution < -0.4 is 5.32 Å². The summed E-state index contributed by atoms with van der Waals surface area (Å²) in [4.78, 5) is 24.7. The first-order valence-corrected chi connectivity index (χ1v) is 5.67. The second kappa shape index (κ2) is 4.44. The Hall–Kier alpha value is -1.27. The standard InChI is InChI=1S/C11H17F3N2O2/c1-6(5-11(12,13)14)16-7(2)8(17)15-10(3,4)9(16)18/h6-7H,5H2,1-4H3,(H,15,17). The Kier molecular flexibility index (Phi) is 3.65. The largest absolute Gasteiger partial charge is 0.391 e. The van der Waals surface area contributed by atoms with Gasteiger partial charge in [-0.3, -0.25) is 9.59 Å². The SMILES string of the molecule is CC(CC(F)(F)F)N1C(=O)C(C)(C)NC(=O)C1C. The molecule has 104 valence electrons. The second-order valence-corrected chi connectivity index (χ2v) is 5.17. The van der Waals surface area contributed by atoms with E-state index in [1.807, 2.05) is 0 Å². The zero-order valence-electron chi connectivity index (χ0n) is 10.8. The lowest BCUT2D eigenvalue weighted by Crippen LogP contribution is -2.69. The van der Waals surface area contributed by atoms with Gasteiger partial charge >= 0.3 is 6.18 Å². The Bertz CT molecular complexity index is 366. The molecule has 1 saturated heterocycles. The lowest BCUT2D eigenvalue weighted by molar-refractivity contribution is -0.167. The highest BCUT2D eigenvalue weighted by Crippen LogP contribution is 2.28. The van der Waals surface area contributed by atoms with Gasteiger partial charge in [0, 0.05) is 6.04 Å². The molecular formula is C11H17F3N2O2. The molecule has 2 atom stereocenters. The molecule has 18 heavy (non-hydrogen) atoms. The van der Waals surface area contributed by atoms with Crippen molar-refractivity contribution >= 4 is 11.8 Å². The topological polar surface area (TPSA) is 49.4 Å². The highest BCUT2D eigenvalue weighted by Gasteiger charge is 2.47. The first kappa shape index (κ1) is 14.8. The van der Waals surface area contributed by atoms with E-state index < -0.39 is 42.0 Å². The van der Waals surface area contributed by atoms with Crippen LogP contribution in [-0.4, -0.2) is 40.5 Å². The molecule has 2 amide bonds. The van der Waals surface area contributed by atoms with E-state index in [2.05, 4.69) is 5.32 Å². The summed E-state index contributed by atoms with van der Waals surface area (Å²) >= 11 is 0. The summed E-state index contributed by atoms with van der Waals surface area (Å²) in [5.41, 5.74) is -1.16. The van der Waals surface area contributed by atoms with Gasteiger partial charge in [-0.25, -0.2) is 0 Å². The number of rotatable bonds is 2. The van der Waals surface area contributed by atoms with Crippen molar-refractivity contribution in [1.82, 2.24) is 10.2 Å². The van der Waals surface area contributed by atoms with Gasteiger partial charge in [0.2, 0.25) is 11.8 Å². The van der Waals surface area contributed by atoms with Crippen LogP contribution >= 0.6 is 0 Å². The number of amides is 2. The molecule has 1 rings (SSSR count). The summed E-state index contributed by atoms with van der Waals surface area (Å²) in [5, 5.41) is 2.49. The number of hydrogen-bond donors (Lipinski definition) is 1. The normalized spacial score (nSPS) is 25.9. The molecule has 0 aromatic rings. The molecule has 0 aromatic heterocycles. The van der Waals surface area contributed by atoms with Gasteiger partial charge in [0.15, 0.2) is 0 Å². The van der Waals surface area contributed by atoms with Crippen LogP contribution in [0, 0.1) is 0 Å². The summed E-state index contributed by atoms with van der Waals surface area (Å²) in [5.74, 6) is -0.931. The van der Waals surface area contributed by atoms with Gasteiger partial charge in [-0.1, -0.05) is 0 Å². The molecule has 4 nitrogen and oxygen atoms in total. The summed E-state index contributed by atoms with van der Waals surface area (Å²) < 4.78 is 37.1. The molecule has 0 bridgehead atoms. The van der Waals surface area contributed by atoms with Crippen LogP contribution in [0.4, 0.5) is 13.2 Å². The van der Waals surface area contributed by atoms with Crippen molar-refractivity contribution in [2.24, 2.45) is 0 Å². The first-order valence-electron chi connectivity index (χ1n) is 5.67. The number of halogens is 3. The van der Waals surface area contributed by atoms with Gasteiger partial charge in [0.25, 0.3) is 0 Å². The van der Waals surface area contributed by atoms with Crippen molar-refractivity contribution in [3.05, 3.63) is 0 Å². The van der Waals surface area contributed by atoms with Crippen LogP contribution in [0.5, 0.6) is 0 Å². The minimum atomic E-state index is -4.36. The minimum Gasteiger partial charge on any atom is -0.340 e. The predicted octanol–water partition coefficient (Wildman–Crippen LogP) is 1.45. The van der Waals surface area contributed by atoms with E-state index in [4.69, 9.17) is 0 Å². The lowest BCUT2D eigenvalue weighted by atomic mass is 9.95. The molecule has 7 heteroatoms. The molecule has 0 saturated carbocycles. The van der Waals surface area contributed by atoms with Crippen LogP contribution in [0.1, 0.15) is 34.1 Å². The second-order valence-electron chi connectivity index (χ2n) is 5.17. The summed E-state index contributed by atoms with van der Waals surface area (Å²) in [6, 6.07) is -1.94. The summed E-state index contributed by atoms with van der Waals surface area (Å²) in [6.45, 7) is 5.69. The molecule has 1 aliphatic heterocycles. The highest BCUT2D eigenvalue weighted by molar-refractivity contribution is 5.99. The molecule has 0 spiro atoms. The van der Waals surface area contributed by atoms with E-state index in [-0.39, 0.29) is 0 Å². The van der Waals surface area contributed by atoms with Gasteiger partial charge < -0.3 is 10.2 Å². The molecule has 0 aromatic carbocycles. The monoisotopic (exact) mass is 266 g/mol. The Labute approximate surface area is 104 Å². The van der Waals surface area contributed by atoms with Gasteiger partial charge in [-0.2, -0.15) is 13.2 Å². The molecule has 0 aliphatic carbocycles. The zero-order valence-corrected chi connectivity index (χ0v) is 10.8. The summed E-state index contributed by atoms with van der Waals surface area (Å²) in [6.07, 6.45) is -5.48. The average Bonchev–Trinajstić information content (AvgIpc) is 2.11. The maximum absolute atomic E-state index is 12.4. The van der Waals surface area contributed by atoms with Crippen molar-refractivity contribution in [2.45, 2.75) is 57.9 Å². The number of nitrogens with zero attached hydrogens (tertiary/aromatic N) is 1. The van der Waals surface area contributed by atoms with Crippen molar-refractivity contribution in [2.75, 3.05) is 0 Å². The number of carbonyl (C=O) groups is 2. The zero-order chi connectivity index (χ0) is 14.3. The minimum absolute atomic E-state index is 0.436. The van der Waals surface area contributed by atoms with E-state index in [0.717, 1.165) is 4.90 Å². The van der Waals surface area contributed by atoms with Crippen molar-refractivity contribution in [1.29, 1.82) is 0 Å². The quantitative estimate of drug-likeness (QED) is 0.822. The van der Waals surface area contributed by atoms with E-state index in [0.29, 0.717) is 0 Å². The average molecular weight is 266 g/mol. The molecule has 1 aliphatic rings. The maximum Gasteiger partial charge on any atom is 0.391 e. The van der Waals surface area contributed by atoms with Crippen LogP contribution in [0.25, 0.3) is 0 Å². The van der Waals surface area contributed by atoms with Gasteiger partial charge in [-0.15, -0.1) is 0 Å². The van der Waals surface area contributed by atoms with Crippen LogP contribution in [0.2, 0.25) is 0 Å². The fraction of sp³-hybridized carbons (Fsp3) is 0.818. The smallest absolute Gasteiger partial charge is 0.340 e. The molecular weight excluding hydrogens is 249 g/mol. The Morgan fingerprint density at radius 3 is 2.33 bits per heavy atom. The molecule has 1 heterocycles. The molecule has 1 fully saturated rings. The Morgan fingerprint density at radius 2 is 1.89 bits per heavy atom. The van der Waals surface area contributed by atoms with Crippen LogP contribution in [0.15, 0.2) is 0 Å². The number of nitrogens with one attached hydrogen (secondary N) is 1. The number of alkyl halides is 3. The third kappa shape index (κ3) is 2.94. The van der Waals surface area contributed by atoms with E-state index in [9.17, 15) is 22.8 Å². The van der Waals surface area contributed by atoms with Crippen LogP contribution in [-0.2, 0) is 9.59 Å². The number of carbonyl (C=O) groups excluding carboxylic acids is 2. The fourth-order valence-corrected chi connectivity index (χ4v) is 2.11. The number of piperazine rings is 1. The third-order valence-electron chi connectivity index (χ3n) is 3.00. The Morgan fingerprint density at radius 1 is 1.39 bits per heavy atom. The van der Waals surface area contributed by atoms with Gasteiger partial charge in [0.1, 0.15) is 11.6 Å². The third-order valence-corrected chi connectivity index (χ3v) is 3.00. The van der Waals surface area contributed by atoms with E-state index >= 15 is 0 Å². The van der Waals surface area contributed by atoms with E-state index in [1.165, 1.54) is 27.7 Å². The van der Waals surface area contributed by atoms with Gasteiger partial charge in [-0.05, 0) is 27.7 Å². The Balaban J connectivity index is 2.96. The van der Waals surface area contributed by atoms with E-state index in [1.54, 1.807) is 0 Å². The molecule has 1 N–H and O–H groups in total. The maximum atomic E-state index is 12.4. The van der Waals surface area contributed by atoms with Gasteiger partial charge in [0.05, 0.1) is 6.42 Å². The van der Waals surface area contributed by atoms with Crippen molar-refractivity contribution < 1.29 is 22.8 Å². The predicted molar refractivity (Wildman–Crippen MR) is 58.7 cm³/mol. The summed E-state index contributed by atoms with van der Waals surface area (Å²) in [7, 11) is 0. The van der Waals surface area contributed by atoms with Crippen molar-refractivity contribution in [3.8, 4) is 0 Å². The first-order chi connectivity index (χ1) is 7.96. The van der Waals surface area contributed by atoms with Crippen molar-refractivity contribution in [3.63, 3.8) is 0 Å². The highest BCUT2D eigenvalue weighted by atomic mass is 19.4. The molecule has 2 unspecified atom stereocenters. The fourth-order valence-electron chi connectivity index (χ4n) is 2.11.